The van der Waals surface area contributed by atoms with E-state index >= 15 is 0 Å². The van der Waals surface area contributed by atoms with Crippen LogP contribution in [0, 0.1) is 6.92 Å². The monoisotopic (exact) mass is 280 g/mol. The van der Waals surface area contributed by atoms with Crippen LogP contribution in [0.25, 0.3) is 12.3 Å². The van der Waals surface area contributed by atoms with Crippen molar-refractivity contribution < 1.29 is 0 Å². The van der Waals surface area contributed by atoms with Crippen LogP contribution < -0.4 is 5.56 Å². The van der Waals surface area contributed by atoms with Crippen molar-refractivity contribution in [2.24, 2.45) is 0 Å². The summed E-state index contributed by atoms with van der Waals surface area (Å²) in [5.41, 5.74) is 1.71. The number of aryl methyl sites for hydroxylation is 1. The Balaban J connectivity index is 2.32. The van der Waals surface area contributed by atoms with Crippen molar-refractivity contribution >= 4 is 35.5 Å². The molecule has 0 saturated heterocycles. The summed E-state index contributed by atoms with van der Waals surface area (Å²) < 4.78 is 1.15. The van der Waals surface area contributed by atoms with E-state index in [1.54, 1.807) is 12.3 Å². The van der Waals surface area contributed by atoms with Gasteiger partial charge in [-0.1, -0.05) is 53.0 Å². The van der Waals surface area contributed by atoms with Crippen LogP contribution in [0.4, 0.5) is 0 Å². The molecular formula is C13H10Cl2N2O. The molecule has 0 aliphatic carbocycles. The molecule has 0 spiro atoms. The smallest absolute Gasteiger partial charge is 0.266 e. The second-order valence-corrected chi connectivity index (χ2v) is 4.57. The molecule has 0 radical (unpaired) electrons. The molecule has 0 N–H and O–H groups in total. The highest BCUT2D eigenvalue weighted by Crippen LogP contribution is 2.14. The van der Waals surface area contributed by atoms with Gasteiger partial charge in [0.1, 0.15) is 5.02 Å². The first-order valence-corrected chi connectivity index (χ1v) is 6.01. The van der Waals surface area contributed by atoms with Gasteiger partial charge < -0.3 is 0 Å². The molecule has 0 aliphatic rings. The summed E-state index contributed by atoms with van der Waals surface area (Å²) >= 11 is 11.4. The third-order valence-corrected chi connectivity index (χ3v) is 3.14. The molecule has 2 rings (SSSR count). The van der Waals surface area contributed by atoms with Gasteiger partial charge >= 0.3 is 0 Å². The minimum Gasteiger partial charge on any atom is -0.266 e. The second kappa shape index (κ2) is 5.38. The first-order valence-electron chi connectivity index (χ1n) is 5.25. The van der Waals surface area contributed by atoms with Crippen LogP contribution in [-0.4, -0.2) is 9.78 Å². The first-order chi connectivity index (χ1) is 8.58. The third-order valence-electron chi connectivity index (χ3n) is 2.39. The highest BCUT2D eigenvalue weighted by atomic mass is 35.5. The van der Waals surface area contributed by atoms with E-state index in [0.29, 0.717) is 0 Å². The van der Waals surface area contributed by atoms with Gasteiger partial charge in [-0.2, -0.15) is 5.10 Å². The summed E-state index contributed by atoms with van der Waals surface area (Å²) in [6.07, 6.45) is 4.66. The number of aromatic nitrogens is 2. The molecule has 1 aromatic heterocycles. The SMILES string of the molecule is Cc1ccc(/C=C/n2ncc(Cl)c(Cl)c2=O)cc1. The molecule has 2 aromatic rings. The number of hydrogen-bond acceptors (Lipinski definition) is 2. The molecule has 1 aromatic carbocycles. The molecule has 0 amide bonds. The van der Waals surface area contributed by atoms with Gasteiger partial charge in [0.05, 0.1) is 11.2 Å². The zero-order valence-electron chi connectivity index (χ0n) is 9.60. The Labute approximate surface area is 114 Å². The summed E-state index contributed by atoms with van der Waals surface area (Å²) in [4.78, 5) is 11.7. The number of nitrogens with zero attached hydrogens (tertiary/aromatic N) is 2. The lowest BCUT2D eigenvalue weighted by atomic mass is 10.1. The maximum absolute atomic E-state index is 11.7. The number of hydrogen-bond donors (Lipinski definition) is 0. The average molecular weight is 281 g/mol. The Morgan fingerprint density at radius 2 is 1.89 bits per heavy atom. The maximum Gasteiger partial charge on any atom is 0.291 e. The van der Waals surface area contributed by atoms with Gasteiger partial charge in [0.2, 0.25) is 0 Å². The highest BCUT2D eigenvalue weighted by Gasteiger charge is 2.04. The molecular weight excluding hydrogens is 271 g/mol. The molecule has 1 heterocycles. The van der Waals surface area contributed by atoms with Crippen molar-refractivity contribution in [3.8, 4) is 0 Å². The number of halogens is 2. The van der Waals surface area contributed by atoms with E-state index in [4.69, 9.17) is 23.2 Å². The molecule has 92 valence electrons. The minimum atomic E-state index is -0.437. The molecule has 0 fully saturated rings. The van der Waals surface area contributed by atoms with Crippen LogP contribution in [0.15, 0.2) is 35.3 Å². The summed E-state index contributed by atoms with van der Waals surface area (Å²) in [5, 5.41) is 4.00. The lowest BCUT2D eigenvalue weighted by Crippen LogP contribution is -2.18. The topological polar surface area (TPSA) is 34.9 Å². The van der Waals surface area contributed by atoms with Gasteiger partial charge in [-0.15, -0.1) is 0 Å². The fourth-order valence-corrected chi connectivity index (χ4v) is 1.63. The van der Waals surface area contributed by atoms with Gasteiger partial charge in [0.25, 0.3) is 5.56 Å². The Morgan fingerprint density at radius 3 is 2.56 bits per heavy atom. The largest absolute Gasteiger partial charge is 0.291 e. The third kappa shape index (κ3) is 2.81. The van der Waals surface area contributed by atoms with Crippen molar-refractivity contribution in [1.29, 1.82) is 0 Å². The van der Waals surface area contributed by atoms with E-state index in [-0.39, 0.29) is 10.0 Å². The Morgan fingerprint density at radius 1 is 1.22 bits per heavy atom. The van der Waals surface area contributed by atoms with E-state index < -0.39 is 5.56 Å². The Hall–Kier alpha value is -1.58. The molecule has 0 saturated carbocycles. The van der Waals surface area contributed by atoms with Crippen molar-refractivity contribution in [3.05, 3.63) is 62.0 Å². The van der Waals surface area contributed by atoms with Gasteiger partial charge in [0.15, 0.2) is 0 Å². The van der Waals surface area contributed by atoms with Crippen LogP contribution in [0.2, 0.25) is 10.0 Å². The molecule has 0 atom stereocenters. The average Bonchev–Trinajstić information content (AvgIpc) is 2.37. The van der Waals surface area contributed by atoms with E-state index in [9.17, 15) is 4.79 Å². The van der Waals surface area contributed by atoms with Crippen molar-refractivity contribution in [3.63, 3.8) is 0 Å². The van der Waals surface area contributed by atoms with Crippen LogP contribution in [-0.2, 0) is 0 Å². The zero-order valence-corrected chi connectivity index (χ0v) is 11.1. The van der Waals surface area contributed by atoms with Gasteiger partial charge in [0, 0.05) is 6.20 Å². The van der Waals surface area contributed by atoms with E-state index in [2.05, 4.69) is 5.10 Å². The van der Waals surface area contributed by atoms with Crippen LogP contribution in [0.5, 0.6) is 0 Å². The van der Waals surface area contributed by atoms with Crippen LogP contribution in [0.3, 0.4) is 0 Å². The fourth-order valence-electron chi connectivity index (χ4n) is 1.37. The summed E-state index contributed by atoms with van der Waals surface area (Å²) in [6, 6.07) is 7.89. The molecule has 0 aliphatic heterocycles. The maximum atomic E-state index is 11.7. The van der Waals surface area contributed by atoms with Crippen LogP contribution in [0.1, 0.15) is 11.1 Å². The van der Waals surface area contributed by atoms with Gasteiger partial charge in [-0.3, -0.25) is 4.79 Å². The quantitative estimate of drug-likeness (QED) is 0.844. The van der Waals surface area contributed by atoms with Gasteiger partial charge in [-0.05, 0) is 18.6 Å². The molecule has 5 heteroatoms. The van der Waals surface area contributed by atoms with Crippen molar-refractivity contribution in [1.82, 2.24) is 9.78 Å². The summed E-state index contributed by atoms with van der Waals surface area (Å²) in [6.45, 7) is 2.01. The lowest BCUT2D eigenvalue weighted by molar-refractivity contribution is 0.855. The predicted octanol–water partition coefficient (Wildman–Crippen LogP) is 3.49. The number of benzene rings is 1. The highest BCUT2D eigenvalue weighted by molar-refractivity contribution is 6.41. The normalized spacial score (nSPS) is 11.1. The molecule has 18 heavy (non-hydrogen) atoms. The standard InChI is InChI=1S/C13H10Cl2N2O/c1-9-2-4-10(5-3-9)6-7-17-13(18)12(15)11(14)8-16-17/h2-8H,1H3/b7-6+. The zero-order chi connectivity index (χ0) is 13.1. The Kier molecular flexibility index (Phi) is 3.84. The lowest BCUT2D eigenvalue weighted by Gasteiger charge is -1.99. The minimum absolute atomic E-state index is 0.0276. The van der Waals surface area contributed by atoms with Gasteiger partial charge in [-0.25, -0.2) is 4.68 Å². The van der Waals surface area contributed by atoms with E-state index in [0.717, 1.165) is 10.2 Å². The molecule has 3 nitrogen and oxygen atoms in total. The summed E-state index contributed by atoms with van der Waals surface area (Å²) in [5.74, 6) is 0. The van der Waals surface area contributed by atoms with E-state index in [1.807, 2.05) is 31.2 Å². The predicted molar refractivity (Wildman–Crippen MR) is 74.9 cm³/mol. The number of rotatable bonds is 2. The van der Waals surface area contributed by atoms with Crippen molar-refractivity contribution in [2.75, 3.05) is 0 Å². The van der Waals surface area contributed by atoms with E-state index in [1.165, 1.54) is 11.8 Å². The first kappa shape index (κ1) is 12.9. The molecule has 0 bridgehead atoms. The summed E-state index contributed by atoms with van der Waals surface area (Å²) in [7, 11) is 0. The van der Waals surface area contributed by atoms with Crippen molar-refractivity contribution in [2.45, 2.75) is 6.92 Å². The van der Waals surface area contributed by atoms with Crippen LogP contribution >= 0.6 is 23.2 Å². The molecule has 0 unspecified atom stereocenters. The Bertz CT molecular complexity index is 645. The second-order valence-electron chi connectivity index (χ2n) is 3.78. The fraction of sp³-hybridized carbons (Fsp3) is 0.0769.